The predicted molar refractivity (Wildman–Crippen MR) is 75.9 cm³/mol. The van der Waals surface area contributed by atoms with Crippen LogP contribution in [0.25, 0.3) is 0 Å². The molecule has 1 fully saturated rings. The van der Waals surface area contributed by atoms with Crippen LogP contribution in [0.2, 0.25) is 0 Å². The number of aryl methyl sites for hydroxylation is 2. The van der Waals surface area contributed by atoms with E-state index in [2.05, 4.69) is 23.1 Å². The van der Waals surface area contributed by atoms with Crippen LogP contribution < -0.4 is 5.73 Å². The number of hydrogen-bond acceptors (Lipinski definition) is 4. The van der Waals surface area contributed by atoms with Crippen molar-refractivity contribution in [1.82, 2.24) is 14.7 Å². The van der Waals surface area contributed by atoms with Crippen LogP contribution in [0.5, 0.6) is 0 Å². The number of likely N-dealkylation sites (tertiary alicyclic amines) is 1. The summed E-state index contributed by atoms with van der Waals surface area (Å²) >= 11 is 0. The van der Waals surface area contributed by atoms with Crippen molar-refractivity contribution in [2.45, 2.75) is 38.8 Å². The van der Waals surface area contributed by atoms with E-state index in [4.69, 9.17) is 10.5 Å². The Balaban J connectivity index is 1.73. The van der Waals surface area contributed by atoms with E-state index in [9.17, 15) is 0 Å². The number of piperidine rings is 1. The summed E-state index contributed by atoms with van der Waals surface area (Å²) in [5.41, 5.74) is 7.95. The maximum atomic E-state index is 5.83. The Morgan fingerprint density at radius 2 is 2.16 bits per heavy atom. The van der Waals surface area contributed by atoms with Crippen LogP contribution in [-0.4, -0.2) is 47.0 Å². The summed E-state index contributed by atoms with van der Waals surface area (Å²) in [6.45, 7) is 6.85. The molecule has 1 aliphatic heterocycles. The van der Waals surface area contributed by atoms with Gasteiger partial charge in [0.2, 0.25) is 0 Å². The maximum Gasteiger partial charge on any atom is 0.0638 e. The minimum Gasteiger partial charge on any atom is -0.378 e. The van der Waals surface area contributed by atoms with E-state index in [0.29, 0.717) is 6.10 Å². The maximum absolute atomic E-state index is 5.83. The molecule has 0 aliphatic carbocycles. The van der Waals surface area contributed by atoms with Gasteiger partial charge in [-0.2, -0.15) is 5.10 Å². The summed E-state index contributed by atoms with van der Waals surface area (Å²) in [7, 11) is 1.98. The Morgan fingerprint density at radius 1 is 1.42 bits per heavy atom. The molecule has 0 atom stereocenters. The van der Waals surface area contributed by atoms with Gasteiger partial charge in [-0.1, -0.05) is 0 Å². The van der Waals surface area contributed by atoms with Gasteiger partial charge in [-0.15, -0.1) is 0 Å². The highest BCUT2D eigenvalue weighted by molar-refractivity contribution is 5.15. The average Bonchev–Trinajstić information content (AvgIpc) is 2.70. The van der Waals surface area contributed by atoms with Crippen molar-refractivity contribution >= 4 is 0 Å². The Labute approximate surface area is 115 Å². The predicted octanol–water partition coefficient (Wildman–Crippen LogP) is 1.06. The van der Waals surface area contributed by atoms with Crippen molar-refractivity contribution < 1.29 is 4.74 Å². The summed E-state index contributed by atoms with van der Waals surface area (Å²) in [6, 6.07) is 0. The minimum atomic E-state index is 0.429. The first-order chi connectivity index (χ1) is 9.19. The SMILES string of the molecule is Cc1nn(C)cc1CN1CCC(OCCCN)CC1. The first-order valence-corrected chi connectivity index (χ1v) is 7.22. The fourth-order valence-corrected chi connectivity index (χ4v) is 2.61. The van der Waals surface area contributed by atoms with E-state index in [0.717, 1.165) is 57.7 Å². The molecule has 2 N–H and O–H groups in total. The van der Waals surface area contributed by atoms with Gasteiger partial charge in [0, 0.05) is 45.0 Å². The molecule has 2 heterocycles. The van der Waals surface area contributed by atoms with Gasteiger partial charge in [0.05, 0.1) is 11.8 Å². The van der Waals surface area contributed by atoms with Crippen LogP contribution >= 0.6 is 0 Å². The van der Waals surface area contributed by atoms with E-state index in [1.165, 1.54) is 5.56 Å². The Bertz CT molecular complexity index is 383. The van der Waals surface area contributed by atoms with Crippen LogP contribution in [-0.2, 0) is 18.3 Å². The van der Waals surface area contributed by atoms with Crippen molar-refractivity contribution in [3.05, 3.63) is 17.5 Å². The first kappa shape index (κ1) is 14.5. The lowest BCUT2D eigenvalue weighted by Gasteiger charge is -2.31. The van der Waals surface area contributed by atoms with Crippen LogP contribution in [0.3, 0.4) is 0 Å². The van der Waals surface area contributed by atoms with Crippen LogP contribution in [0.4, 0.5) is 0 Å². The van der Waals surface area contributed by atoms with Gasteiger partial charge in [0.1, 0.15) is 0 Å². The standard InChI is InChI=1S/C14H26N4O/c1-12-13(10-17(2)16-12)11-18-7-4-14(5-8-18)19-9-3-6-15/h10,14H,3-9,11,15H2,1-2H3. The van der Waals surface area contributed by atoms with E-state index in [-0.39, 0.29) is 0 Å². The van der Waals surface area contributed by atoms with Gasteiger partial charge in [-0.3, -0.25) is 9.58 Å². The number of aromatic nitrogens is 2. The molecule has 0 amide bonds. The number of hydrogen-bond donors (Lipinski definition) is 1. The number of nitrogens with two attached hydrogens (primary N) is 1. The fourth-order valence-electron chi connectivity index (χ4n) is 2.61. The highest BCUT2D eigenvalue weighted by Crippen LogP contribution is 2.17. The Hall–Kier alpha value is -0.910. The van der Waals surface area contributed by atoms with Gasteiger partial charge >= 0.3 is 0 Å². The minimum absolute atomic E-state index is 0.429. The Kier molecular flexibility index (Phi) is 5.36. The molecule has 0 spiro atoms. The largest absolute Gasteiger partial charge is 0.378 e. The molecule has 5 heteroatoms. The topological polar surface area (TPSA) is 56.3 Å². The molecule has 0 unspecified atom stereocenters. The molecule has 19 heavy (non-hydrogen) atoms. The van der Waals surface area contributed by atoms with Gasteiger partial charge in [0.15, 0.2) is 0 Å². The molecule has 1 aromatic heterocycles. The third-order valence-corrected chi connectivity index (χ3v) is 3.75. The molecule has 1 aliphatic rings. The van der Waals surface area contributed by atoms with E-state index in [1.807, 2.05) is 11.7 Å². The molecule has 1 saturated heterocycles. The second-order valence-electron chi connectivity index (χ2n) is 5.40. The molecule has 0 aromatic carbocycles. The summed E-state index contributed by atoms with van der Waals surface area (Å²) in [4.78, 5) is 2.49. The van der Waals surface area contributed by atoms with E-state index >= 15 is 0 Å². The molecular weight excluding hydrogens is 240 g/mol. The second kappa shape index (κ2) is 7.03. The summed E-state index contributed by atoms with van der Waals surface area (Å²) in [5, 5.41) is 4.39. The normalized spacial score (nSPS) is 18.1. The molecule has 2 rings (SSSR count). The molecule has 0 bridgehead atoms. The zero-order valence-corrected chi connectivity index (χ0v) is 12.1. The smallest absolute Gasteiger partial charge is 0.0638 e. The molecule has 108 valence electrons. The van der Waals surface area contributed by atoms with Crippen molar-refractivity contribution in [1.29, 1.82) is 0 Å². The first-order valence-electron chi connectivity index (χ1n) is 7.22. The summed E-state index contributed by atoms with van der Waals surface area (Å²) in [6.07, 6.45) is 5.78. The highest BCUT2D eigenvalue weighted by atomic mass is 16.5. The number of ether oxygens (including phenoxy) is 1. The lowest BCUT2D eigenvalue weighted by Crippen LogP contribution is -2.36. The lowest BCUT2D eigenvalue weighted by molar-refractivity contribution is 0.00560. The molecular formula is C14H26N4O. The molecule has 5 nitrogen and oxygen atoms in total. The van der Waals surface area contributed by atoms with E-state index < -0.39 is 0 Å². The monoisotopic (exact) mass is 266 g/mol. The van der Waals surface area contributed by atoms with Crippen molar-refractivity contribution in [2.24, 2.45) is 12.8 Å². The van der Waals surface area contributed by atoms with Gasteiger partial charge in [-0.05, 0) is 32.7 Å². The van der Waals surface area contributed by atoms with Crippen molar-refractivity contribution in [3.8, 4) is 0 Å². The molecule has 0 radical (unpaired) electrons. The van der Waals surface area contributed by atoms with Crippen LogP contribution in [0.15, 0.2) is 6.20 Å². The number of rotatable bonds is 6. The molecule has 1 aromatic rings. The highest BCUT2D eigenvalue weighted by Gasteiger charge is 2.20. The third-order valence-electron chi connectivity index (χ3n) is 3.75. The summed E-state index contributed by atoms with van der Waals surface area (Å²) in [5.74, 6) is 0. The van der Waals surface area contributed by atoms with Crippen molar-refractivity contribution in [3.63, 3.8) is 0 Å². The fraction of sp³-hybridized carbons (Fsp3) is 0.786. The van der Waals surface area contributed by atoms with E-state index in [1.54, 1.807) is 0 Å². The third kappa shape index (κ3) is 4.30. The van der Waals surface area contributed by atoms with Crippen LogP contribution in [0.1, 0.15) is 30.5 Å². The average molecular weight is 266 g/mol. The zero-order chi connectivity index (χ0) is 13.7. The number of nitrogens with zero attached hydrogens (tertiary/aromatic N) is 3. The molecule has 0 saturated carbocycles. The van der Waals surface area contributed by atoms with Crippen molar-refractivity contribution in [2.75, 3.05) is 26.2 Å². The van der Waals surface area contributed by atoms with Crippen LogP contribution in [0, 0.1) is 6.92 Å². The lowest BCUT2D eigenvalue weighted by atomic mass is 10.1. The zero-order valence-electron chi connectivity index (χ0n) is 12.1. The summed E-state index contributed by atoms with van der Waals surface area (Å²) < 4.78 is 7.72. The van der Waals surface area contributed by atoms with Gasteiger partial charge in [0.25, 0.3) is 0 Å². The van der Waals surface area contributed by atoms with Gasteiger partial charge < -0.3 is 10.5 Å². The van der Waals surface area contributed by atoms with Gasteiger partial charge in [-0.25, -0.2) is 0 Å². The second-order valence-corrected chi connectivity index (χ2v) is 5.40. The quantitative estimate of drug-likeness (QED) is 0.782. The Morgan fingerprint density at radius 3 is 2.74 bits per heavy atom.